The summed E-state index contributed by atoms with van der Waals surface area (Å²) >= 11 is 0. The first kappa shape index (κ1) is 14.6. The molecule has 0 saturated carbocycles. The number of esters is 1. The maximum absolute atomic E-state index is 11.1. The maximum atomic E-state index is 11.1. The van der Waals surface area contributed by atoms with Gasteiger partial charge < -0.3 is 24.8 Å². The van der Waals surface area contributed by atoms with Gasteiger partial charge in [-0.1, -0.05) is 0 Å². The van der Waals surface area contributed by atoms with E-state index in [1.54, 1.807) is 6.92 Å². The van der Waals surface area contributed by atoms with Gasteiger partial charge >= 0.3 is 11.8 Å². The molecule has 0 atom stereocenters. The molecule has 104 valence electrons. The van der Waals surface area contributed by atoms with Crippen LogP contribution in [0.25, 0.3) is 0 Å². The monoisotopic (exact) mass is 270 g/mol. The molecule has 0 aliphatic heterocycles. The second-order valence-electron chi connectivity index (χ2n) is 3.66. The number of carbonyl (C=O) groups excluding carboxylic acids is 2. The number of ether oxygens (including phenoxy) is 1. The van der Waals surface area contributed by atoms with Gasteiger partial charge in [-0.05, 0) is 11.3 Å². The molecule has 1 heterocycles. The summed E-state index contributed by atoms with van der Waals surface area (Å²) in [7, 11) is 0. The van der Waals surface area contributed by atoms with E-state index >= 15 is 0 Å². The van der Waals surface area contributed by atoms with Crippen LogP contribution in [-0.2, 0) is 20.9 Å². The summed E-state index contributed by atoms with van der Waals surface area (Å²) in [5.41, 5.74) is 0. The maximum Gasteiger partial charge on any atom is 0.342 e. The van der Waals surface area contributed by atoms with Crippen molar-refractivity contribution in [1.29, 1.82) is 0 Å². The first-order valence-electron chi connectivity index (χ1n) is 5.43. The second-order valence-corrected chi connectivity index (χ2v) is 3.66. The largest absolute Gasteiger partial charge is 0.550 e. The van der Waals surface area contributed by atoms with Gasteiger partial charge in [0.25, 0.3) is 0 Å². The lowest BCUT2D eigenvalue weighted by molar-refractivity contribution is -0.392. The topological polar surface area (TPSA) is 127 Å². The van der Waals surface area contributed by atoms with E-state index in [0.717, 1.165) is 6.20 Å². The molecular formula is C10H12N3O6-. The minimum atomic E-state index is -1.34. The van der Waals surface area contributed by atoms with Gasteiger partial charge in [0.1, 0.15) is 19.3 Å². The van der Waals surface area contributed by atoms with Crippen molar-refractivity contribution in [3.8, 4) is 0 Å². The Hall–Kier alpha value is -2.45. The quantitative estimate of drug-likeness (QED) is 0.359. The normalized spacial score (nSPS) is 10.2. The molecule has 0 amide bonds. The number of hydrogen-bond donors (Lipinski definition) is 0. The van der Waals surface area contributed by atoms with E-state index in [1.807, 2.05) is 0 Å². The van der Waals surface area contributed by atoms with Gasteiger partial charge in [0.2, 0.25) is 0 Å². The summed E-state index contributed by atoms with van der Waals surface area (Å²) in [5, 5.41) is 20.8. The Morgan fingerprint density at radius 2 is 2.16 bits per heavy atom. The summed E-state index contributed by atoms with van der Waals surface area (Å²) in [6.07, 6.45) is 0.420. The minimum absolute atomic E-state index is 0.0825. The van der Waals surface area contributed by atoms with Crippen LogP contribution in [0.3, 0.4) is 0 Å². The Morgan fingerprint density at radius 3 is 2.74 bits per heavy atom. The fourth-order valence-electron chi connectivity index (χ4n) is 1.41. The highest BCUT2D eigenvalue weighted by molar-refractivity contribution is 5.75. The average molecular weight is 270 g/mol. The second kappa shape index (κ2) is 6.47. The Labute approximate surface area is 108 Å². The predicted octanol–water partition coefficient (Wildman–Crippen LogP) is -0.827. The molecule has 0 fully saturated rings. The Kier molecular flexibility index (Phi) is 4.98. The third-order valence-electron chi connectivity index (χ3n) is 2.33. The first-order chi connectivity index (χ1) is 8.91. The predicted molar refractivity (Wildman–Crippen MR) is 58.8 cm³/mol. The fraction of sp³-hybridized carbons (Fsp3) is 0.500. The van der Waals surface area contributed by atoms with E-state index in [2.05, 4.69) is 4.98 Å². The summed E-state index contributed by atoms with van der Waals surface area (Å²) in [6.45, 7) is 1.58. The molecule has 0 aromatic carbocycles. The molecule has 0 aliphatic rings. The van der Waals surface area contributed by atoms with E-state index in [9.17, 15) is 24.8 Å². The molecule has 0 unspecified atom stereocenters. The highest BCUT2D eigenvalue weighted by atomic mass is 16.6. The zero-order valence-corrected chi connectivity index (χ0v) is 10.2. The van der Waals surface area contributed by atoms with Gasteiger partial charge in [-0.3, -0.25) is 4.79 Å². The molecule has 0 spiro atoms. The lowest BCUT2D eigenvalue weighted by atomic mass is 10.3. The zero-order chi connectivity index (χ0) is 14.4. The van der Waals surface area contributed by atoms with Crippen molar-refractivity contribution in [2.45, 2.75) is 26.3 Å². The standard InChI is InChI=1S/C10H13N3O6/c1-7-11-6-8(13(17)18)12(7)4-5-19-10(16)3-2-9(14)15/h6H,2-5H2,1H3,(H,14,15)/p-1. The van der Waals surface area contributed by atoms with Crippen LogP contribution in [0, 0.1) is 17.0 Å². The van der Waals surface area contributed by atoms with Gasteiger partial charge in [-0.25, -0.2) is 9.55 Å². The lowest BCUT2D eigenvalue weighted by Crippen LogP contribution is -2.23. The number of rotatable bonds is 7. The third kappa shape index (κ3) is 4.37. The molecule has 19 heavy (non-hydrogen) atoms. The summed E-state index contributed by atoms with van der Waals surface area (Å²) < 4.78 is 6.05. The fourth-order valence-corrected chi connectivity index (χ4v) is 1.41. The molecule has 0 aliphatic carbocycles. The first-order valence-corrected chi connectivity index (χ1v) is 5.43. The number of hydrogen-bond acceptors (Lipinski definition) is 7. The molecule has 9 nitrogen and oxygen atoms in total. The summed E-state index contributed by atoms with van der Waals surface area (Å²) in [4.78, 5) is 35.1. The van der Waals surface area contributed by atoms with E-state index in [0.29, 0.717) is 5.82 Å². The lowest BCUT2D eigenvalue weighted by Gasteiger charge is -2.05. The number of carboxylic acid groups (broad SMARTS) is 1. The third-order valence-corrected chi connectivity index (χ3v) is 2.33. The van der Waals surface area contributed by atoms with Gasteiger partial charge in [0.05, 0.1) is 6.42 Å². The summed E-state index contributed by atoms with van der Waals surface area (Å²) in [5.74, 6) is -1.79. The molecule has 0 N–H and O–H groups in total. The van der Waals surface area contributed by atoms with Crippen LogP contribution in [0.4, 0.5) is 5.82 Å². The number of aromatic nitrogens is 2. The SMILES string of the molecule is Cc1ncc([N+](=O)[O-])n1CCOC(=O)CCC(=O)[O-]. The highest BCUT2D eigenvalue weighted by Crippen LogP contribution is 2.13. The molecule has 0 saturated heterocycles. The van der Waals surface area contributed by atoms with Crippen molar-refractivity contribution in [3.63, 3.8) is 0 Å². The number of aryl methyl sites for hydroxylation is 1. The molecule has 1 aromatic rings. The van der Waals surface area contributed by atoms with Gasteiger partial charge in [-0.2, -0.15) is 0 Å². The molecule has 0 bridgehead atoms. The van der Waals surface area contributed by atoms with Crippen LogP contribution in [0.2, 0.25) is 0 Å². The molecule has 1 rings (SSSR count). The van der Waals surface area contributed by atoms with Crippen molar-refractivity contribution in [3.05, 3.63) is 22.1 Å². The smallest absolute Gasteiger partial charge is 0.342 e. The number of aliphatic carboxylic acids is 1. The molecule has 9 heteroatoms. The van der Waals surface area contributed by atoms with Crippen LogP contribution in [0.1, 0.15) is 18.7 Å². The van der Waals surface area contributed by atoms with Crippen molar-refractivity contribution in [2.24, 2.45) is 0 Å². The van der Waals surface area contributed by atoms with Crippen LogP contribution in [0.15, 0.2) is 6.20 Å². The zero-order valence-electron chi connectivity index (χ0n) is 10.2. The van der Waals surface area contributed by atoms with Crippen LogP contribution < -0.4 is 5.11 Å². The van der Waals surface area contributed by atoms with Crippen molar-refractivity contribution in [2.75, 3.05) is 6.61 Å². The van der Waals surface area contributed by atoms with Crippen molar-refractivity contribution >= 4 is 17.8 Å². The number of carboxylic acids is 1. The van der Waals surface area contributed by atoms with Gasteiger partial charge in [-0.15, -0.1) is 0 Å². The van der Waals surface area contributed by atoms with E-state index in [4.69, 9.17) is 4.74 Å². The van der Waals surface area contributed by atoms with Gasteiger partial charge in [0.15, 0.2) is 5.82 Å². The number of imidazole rings is 1. The minimum Gasteiger partial charge on any atom is -0.550 e. The van der Waals surface area contributed by atoms with Crippen molar-refractivity contribution < 1.29 is 24.4 Å². The van der Waals surface area contributed by atoms with Gasteiger partial charge in [0, 0.05) is 12.9 Å². The Balaban J connectivity index is 2.45. The molecule has 1 aromatic heterocycles. The van der Waals surface area contributed by atoms with E-state index in [1.165, 1.54) is 4.57 Å². The average Bonchev–Trinajstić information content (AvgIpc) is 2.68. The van der Waals surface area contributed by atoms with Crippen molar-refractivity contribution in [1.82, 2.24) is 9.55 Å². The number of carbonyl (C=O) groups is 2. The van der Waals surface area contributed by atoms with Crippen LogP contribution >= 0.6 is 0 Å². The Bertz CT molecular complexity index is 495. The number of nitro groups is 1. The Morgan fingerprint density at radius 1 is 1.47 bits per heavy atom. The molecular weight excluding hydrogens is 258 g/mol. The molecule has 0 radical (unpaired) electrons. The summed E-state index contributed by atoms with van der Waals surface area (Å²) in [6, 6.07) is 0. The van der Waals surface area contributed by atoms with Crippen LogP contribution in [-0.4, -0.2) is 33.0 Å². The van der Waals surface area contributed by atoms with E-state index < -0.39 is 23.3 Å². The van der Waals surface area contributed by atoms with E-state index in [-0.39, 0.29) is 25.4 Å². The highest BCUT2D eigenvalue weighted by Gasteiger charge is 2.17. The van der Waals surface area contributed by atoms with Crippen LogP contribution in [0.5, 0.6) is 0 Å². The number of nitrogens with zero attached hydrogens (tertiary/aromatic N) is 3.